The Morgan fingerprint density at radius 1 is 1.31 bits per heavy atom. The van der Waals surface area contributed by atoms with Crippen molar-refractivity contribution in [3.05, 3.63) is 36.5 Å². The predicted octanol–water partition coefficient (Wildman–Crippen LogP) is 1.88. The molecule has 0 amide bonds. The highest BCUT2D eigenvalue weighted by atomic mass is 15.1. The number of nitrogens with zero attached hydrogens (tertiary/aromatic N) is 2. The minimum Gasteiger partial charge on any atom is -0.299 e. The van der Waals surface area contributed by atoms with Gasteiger partial charge in [0.25, 0.3) is 0 Å². The Morgan fingerprint density at radius 3 is 2.85 bits per heavy atom. The van der Waals surface area contributed by atoms with Gasteiger partial charge in [0.1, 0.15) is 0 Å². The van der Waals surface area contributed by atoms with Crippen LogP contribution in [0.2, 0.25) is 0 Å². The van der Waals surface area contributed by atoms with E-state index in [0.29, 0.717) is 0 Å². The summed E-state index contributed by atoms with van der Waals surface area (Å²) in [5, 5.41) is 0. The Kier molecular flexibility index (Phi) is 2.93. The lowest BCUT2D eigenvalue weighted by Crippen LogP contribution is -2.29. The average Bonchev–Trinajstić information content (AvgIpc) is 2.21. The van der Waals surface area contributed by atoms with Gasteiger partial charge in [-0.25, -0.2) is 0 Å². The van der Waals surface area contributed by atoms with E-state index in [9.17, 15) is 0 Å². The quantitative estimate of drug-likeness (QED) is 0.682. The summed E-state index contributed by atoms with van der Waals surface area (Å²) < 4.78 is 0. The van der Waals surface area contributed by atoms with E-state index >= 15 is 0 Å². The fourth-order valence-electron chi connectivity index (χ4n) is 1.71. The summed E-state index contributed by atoms with van der Waals surface area (Å²) in [6, 6.07) is 4.18. The van der Waals surface area contributed by atoms with E-state index < -0.39 is 0 Å². The van der Waals surface area contributed by atoms with Gasteiger partial charge >= 0.3 is 0 Å². The van der Waals surface area contributed by atoms with Crippen molar-refractivity contribution in [1.29, 1.82) is 0 Å². The summed E-state index contributed by atoms with van der Waals surface area (Å²) in [5.41, 5.74) is 1.37. The van der Waals surface area contributed by atoms with Gasteiger partial charge in [0.05, 0.1) is 0 Å². The van der Waals surface area contributed by atoms with Gasteiger partial charge in [-0.1, -0.05) is 0 Å². The molecule has 2 heterocycles. The van der Waals surface area contributed by atoms with Crippen molar-refractivity contribution in [1.82, 2.24) is 9.88 Å². The van der Waals surface area contributed by atoms with Gasteiger partial charge in [-0.05, 0) is 43.5 Å². The summed E-state index contributed by atoms with van der Waals surface area (Å²) in [5.74, 6) is 0. The van der Waals surface area contributed by atoms with Crippen molar-refractivity contribution < 1.29 is 0 Å². The largest absolute Gasteiger partial charge is 0.299 e. The molecule has 1 aliphatic rings. The van der Waals surface area contributed by atoms with Crippen LogP contribution >= 0.6 is 0 Å². The molecule has 1 saturated heterocycles. The van der Waals surface area contributed by atoms with Crippen molar-refractivity contribution >= 4 is 0 Å². The summed E-state index contributed by atoms with van der Waals surface area (Å²) in [7, 11) is 0. The summed E-state index contributed by atoms with van der Waals surface area (Å²) in [6.07, 6.45) is 8.69. The molecule has 13 heavy (non-hydrogen) atoms. The van der Waals surface area contributed by atoms with E-state index in [1.807, 2.05) is 12.4 Å². The second-order valence-electron chi connectivity index (χ2n) is 3.52. The van der Waals surface area contributed by atoms with Gasteiger partial charge in [-0.2, -0.15) is 0 Å². The van der Waals surface area contributed by atoms with E-state index in [4.69, 9.17) is 0 Å². The lowest BCUT2D eigenvalue weighted by molar-refractivity contribution is 0.254. The lowest BCUT2D eigenvalue weighted by atomic mass is 10.1. The van der Waals surface area contributed by atoms with Crippen LogP contribution in [-0.2, 0) is 6.54 Å². The van der Waals surface area contributed by atoms with Crippen LogP contribution < -0.4 is 0 Å². The van der Waals surface area contributed by atoms with Crippen molar-refractivity contribution in [3.63, 3.8) is 0 Å². The molecule has 1 aliphatic heterocycles. The smallest absolute Gasteiger partial charge is 0.0271 e. The molecule has 1 fully saturated rings. The van der Waals surface area contributed by atoms with Gasteiger partial charge in [0, 0.05) is 25.5 Å². The van der Waals surface area contributed by atoms with Gasteiger partial charge in [0.2, 0.25) is 0 Å². The summed E-state index contributed by atoms with van der Waals surface area (Å²) >= 11 is 0. The molecule has 2 nitrogen and oxygen atoms in total. The Labute approximate surface area is 79.6 Å². The fourth-order valence-corrected chi connectivity index (χ4v) is 1.71. The van der Waals surface area contributed by atoms with E-state index in [1.165, 1.54) is 24.9 Å². The first-order valence-electron chi connectivity index (χ1n) is 4.88. The van der Waals surface area contributed by atoms with Crippen LogP contribution in [0.3, 0.4) is 0 Å². The first-order valence-corrected chi connectivity index (χ1v) is 4.88. The van der Waals surface area contributed by atoms with Gasteiger partial charge in [-0.3, -0.25) is 9.88 Å². The molecule has 0 aliphatic carbocycles. The highest BCUT2D eigenvalue weighted by Gasteiger charge is 2.09. The Balaban J connectivity index is 1.90. The van der Waals surface area contributed by atoms with E-state index in [-0.39, 0.29) is 0 Å². The molecule has 2 rings (SSSR count). The number of likely N-dealkylation sites (tertiary alicyclic amines) is 1. The zero-order chi connectivity index (χ0) is 8.93. The van der Waals surface area contributed by atoms with Crippen molar-refractivity contribution in [2.75, 3.05) is 13.1 Å². The fraction of sp³-hybridized carbons (Fsp3) is 0.455. The first kappa shape index (κ1) is 8.70. The molecular formula is C11H15N2. The van der Waals surface area contributed by atoms with Crippen LogP contribution in [0.15, 0.2) is 24.5 Å². The Morgan fingerprint density at radius 2 is 2.15 bits per heavy atom. The minimum absolute atomic E-state index is 1.07. The maximum atomic E-state index is 4.01. The van der Waals surface area contributed by atoms with E-state index in [0.717, 1.165) is 13.1 Å². The highest BCUT2D eigenvalue weighted by molar-refractivity contribution is 5.09. The third kappa shape index (κ3) is 2.52. The van der Waals surface area contributed by atoms with Gasteiger partial charge in [-0.15, -0.1) is 0 Å². The molecule has 0 atom stereocenters. The molecule has 0 N–H and O–H groups in total. The van der Waals surface area contributed by atoms with Crippen molar-refractivity contribution in [3.8, 4) is 0 Å². The molecular weight excluding hydrogens is 160 g/mol. The van der Waals surface area contributed by atoms with Crippen LogP contribution in [0.25, 0.3) is 0 Å². The topological polar surface area (TPSA) is 16.1 Å². The molecule has 1 aromatic rings. The van der Waals surface area contributed by atoms with Crippen LogP contribution in [0.5, 0.6) is 0 Å². The van der Waals surface area contributed by atoms with Crippen LogP contribution in [0.4, 0.5) is 0 Å². The Bertz CT molecular complexity index is 240. The SMILES string of the molecule is [CH]1CCCN(Cc2ccncc2)C1. The number of piperidine rings is 1. The van der Waals surface area contributed by atoms with Crippen LogP contribution in [0.1, 0.15) is 18.4 Å². The second kappa shape index (κ2) is 4.38. The molecule has 1 aromatic heterocycles. The van der Waals surface area contributed by atoms with Crippen LogP contribution in [0, 0.1) is 6.42 Å². The maximum Gasteiger partial charge on any atom is 0.0271 e. The molecule has 0 unspecified atom stereocenters. The summed E-state index contributed by atoms with van der Waals surface area (Å²) in [6.45, 7) is 3.44. The third-order valence-corrected chi connectivity index (χ3v) is 2.43. The lowest BCUT2D eigenvalue weighted by Gasteiger charge is -2.26. The average molecular weight is 175 g/mol. The predicted molar refractivity (Wildman–Crippen MR) is 53.0 cm³/mol. The van der Waals surface area contributed by atoms with E-state index in [1.54, 1.807) is 0 Å². The standard InChI is InChI=1S/C11H15N2/c1-2-8-13(9-3-1)10-11-4-6-12-7-5-11/h2,4-7H,1,3,8-10H2. The molecule has 69 valence electrons. The van der Waals surface area contributed by atoms with Crippen molar-refractivity contribution in [2.45, 2.75) is 19.4 Å². The van der Waals surface area contributed by atoms with Crippen molar-refractivity contribution in [2.24, 2.45) is 0 Å². The normalized spacial score (nSPS) is 18.8. The molecule has 0 saturated carbocycles. The number of pyridine rings is 1. The number of hydrogen-bond donors (Lipinski definition) is 0. The molecule has 0 aromatic carbocycles. The van der Waals surface area contributed by atoms with Gasteiger partial charge < -0.3 is 0 Å². The van der Waals surface area contributed by atoms with Gasteiger partial charge in [0.15, 0.2) is 0 Å². The molecule has 0 bridgehead atoms. The second-order valence-corrected chi connectivity index (χ2v) is 3.52. The third-order valence-electron chi connectivity index (χ3n) is 2.43. The zero-order valence-corrected chi connectivity index (χ0v) is 7.82. The monoisotopic (exact) mass is 175 g/mol. The zero-order valence-electron chi connectivity index (χ0n) is 7.82. The highest BCUT2D eigenvalue weighted by Crippen LogP contribution is 2.11. The Hall–Kier alpha value is -0.890. The molecule has 2 heteroatoms. The maximum absolute atomic E-state index is 4.01. The minimum atomic E-state index is 1.07. The molecule has 1 radical (unpaired) electrons. The first-order chi connectivity index (χ1) is 6.45. The van der Waals surface area contributed by atoms with Crippen LogP contribution in [-0.4, -0.2) is 23.0 Å². The number of aromatic nitrogens is 1. The summed E-state index contributed by atoms with van der Waals surface area (Å²) in [4.78, 5) is 6.48. The number of rotatable bonds is 2. The number of hydrogen-bond acceptors (Lipinski definition) is 2. The van der Waals surface area contributed by atoms with E-state index in [2.05, 4.69) is 28.4 Å². The molecule has 0 spiro atoms.